The molecule has 0 radical (unpaired) electrons. The van der Waals surface area contributed by atoms with Crippen molar-refractivity contribution in [1.29, 1.82) is 0 Å². The Labute approximate surface area is 159 Å². The van der Waals surface area contributed by atoms with E-state index < -0.39 is 0 Å². The van der Waals surface area contributed by atoms with Crippen molar-refractivity contribution in [2.75, 3.05) is 26.7 Å². The lowest BCUT2D eigenvalue weighted by molar-refractivity contribution is -0.138. The van der Waals surface area contributed by atoms with Gasteiger partial charge in [0.1, 0.15) is 0 Å². The molecule has 1 aliphatic heterocycles. The van der Waals surface area contributed by atoms with Gasteiger partial charge in [-0.1, -0.05) is 30.3 Å². The first-order valence-electron chi connectivity index (χ1n) is 9.33. The van der Waals surface area contributed by atoms with Crippen LogP contribution in [-0.2, 0) is 9.59 Å². The largest absolute Gasteiger partial charge is 0.369 e. The van der Waals surface area contributed by atoms with E-state index in [1.54, 1.807) is 4.90 Å². The van der Waals surface area contributed by atoms with Crippen LogP contribution in [0.2, 0.25) is 0 Å². The van der Waals surface area contributed by atoms with Crippen LogP contribution in [-0.4, -0.2) is 58.5 Å². The minimum atomic E-state index is -0.351. The zero-order valence-electron chi connectivity index (χ0n) is 15.9. The molecule has 7 nitrogen and oxygen atoms in total. The van der Waals surface area contributed by atoms with Gasteiger partial charge in [-0.3, -0.25) is 19.6 Å². The number of rotatable bonds is 6. The van der Waals surface area contributed by atoms with Gasteiger partial charge in [0.2, 0.25) is 11.8 Å². The first kappa shape index (κ1) is 19.1. The van der Waals surface area contributed by atoms with Gasteiger partial charge < -0.3 is 10.6 Å². The smallest absolute Gasteiger partial charge is 0.231 e. The molecule has 2 aromatic rings. The molecule has 1 aliphatic rings. The number of benzene rings is 1. The summed E-state index contributed by atoms with van der Waals surface area (Å²) in [5.74, 6) is -0.370. The van der Waals surface area contributed by atoms with Gasteiger partial charge in [0.15, 0.2) is 0 Å². The third-order valence-corrected chi connectivity index (χ3v) is 5.28. The monoisotopic (exact) mass is 369 g/mol. The van der Waals surface area contributed by atoms with Gasteiger partial charge in [0, 0.05) is 19.2 Å². The van der Waals surface area contributed by atoms with Crippen LogP contribution in [0.3, 0.4) is 0 Å². The second-order valence-corrected chi connectivity index (χ2v) is 7.24. The fourth-order valence-electron chi connectivity index (χ4n) is 3.62. The van der Waals surface area contributed by atoms with Crippen molar-refractivity contribution in [3.8, 4) is 11.3 Å². The summed E-state index contributed by atoms with van der Waals surface area (Å²) in [6.45, 7) is 3.60. The number of nitrogens with two attached hydrogens (primary N) is 1. The normalized spacial score (nSPS) is 18.8. The van der Waals surface area contributed by atoms with Gasteiger partial charge in [0.25, 0.3) is 0 Å². The van der Waals surface area contributed by atoms with Crippen molar-refractivity contribution >= 4 is 11.8 Å². The molecule has 3 N–H and O–H groups in total. The van der Waals surface area contributed by atoms with Crippen LogP contribution in [0, 0.1) is 5.92 Å². The molecule has 2 atom stereocenters. The number of nitrogens with zero attached hydrogens (tertiary/aromatic N) is 3. The molecule has 27 heavy (non-hydrogen) atoms. The molecule has 0 bridgehead atoms. The topological polar surface area (TPSA) is 95.3 Å². The molecule has 1 aromatic carbocycles. The first-order valence-corrected chi connectivity index (χ1v) is 9.33. The van der Waals surface area contributed by atoms with Crippen molar-refractivity contribution in [1.82, 2.24) is 20.0 Å². The van der Waals surface area contributed by atoms with Crippen LogP contribution >= 0.6 is 0 Å². The molecule has 2 unspecified atom stereocenters. The van der Waals surface area contributed by atoms with Crippen LogP contribution in [0.1, 0.15) is 31.5 Å². The Morgan fingerprint density at radius 2 is 2.11 bits per heavy atom. The molecule has 3 rings (SSSR count). The van der Waals surface area contributed by atoms with E-state index in [4.69, 9.17) is 5.73 Å². The predicted molar refractivity (Wildman–Crippen MR) is 104 cm³/mol. The average Bonchev–Trinajstić information content (AvgIpc) is 3.17. The molecule has 7 heteroatoms. The number of H-pyrrole nitrogens is 1. The van der Waals surface area contributed by atoms with Crippen molar-refractivity contribution in [3.05, 3.63) is 42.1 Å². The molecule has 2 amide bonds. The quantitative estimate of drug-likeness (QED) is 0.811. The highest BCUT2D eigenvalue weighted by Crippen LogP contribution is 2.26. The van der Waals surface area contributed by atoms with E-state index in [-0.39, 0.29) is 30.3 Å². The molecule has 1 saturated heterocycles. The minimum absolute atomic E-state index is 0.0903. The standard InChI is InChI=1S/C20H27N5O2/c1-14(17-11-18(23-22-17)15-7-4-3-5-8-15)24(2)20(27)16-9-6-10-25(12-16)13-19(21)26/h3-5,7-8,11,14,16H,6,9-10,12-13H2,1-2H3,(H2,21,26)(H,22,23). The molecular weight excluding hydrogens is 342 g/mol. The SMILES string of the molecule is CC(c1cc(-c2ccccc2)n[nH]1)N(C)C(=O)C1CCCN(CC(N)=O)C1. The molecule has 0 spiro atoms. The van der Waals surface area contributed by atoms with E-state index in [2.05, 4.69) is 10.2 Å². The van der Waals surface area contributed by atoms with E-state index in [1.165, 1.54) is 0 Å². The summed E-state index contributed by atoms with van der Waals surface area (Å²) >= 11 is 0. The average molecular weight is 369 g/mol. The molecule has 1 aromatic heterocycles. The lowest BCUT2D eigenvalue weighted by Crippen LogP contribution is -2.46. The molecular formula is C20H27N5O2. The number of nitrogens with one attached hydrogen (secondary N) is 1. The second-order valence-electron chi connectivity index (χ2n) is 7.24. The second kappa shape index (κ2) is 8.35. The lowest BCUT2D eigenvalue weighted by atomic mass is 9.96. The van der Waals surface area contributed by atoms with Crippen LogP contribution in [0.4, 0.5) is 0 Å². The first-order chi connectivity index (χ1) is 13.0. The molecule has 0 saturated carbocycles. The maximum atomic E-state index is 13.0. The van der Waals surface area contributed by atoms with Crippen molar-refractivity contribution in [3.63, 3.8) is 0 Å². The van der Waals surface area contributed by atoms with Gasteiger partial charge in [-0.15, -0.1) is 0 Å². The maximum Gasteiger partial charge on any atom is 0.231 e. The molecule has 144 valence electrons. The fourth-order valence-corrected chi connectivity index (χ4v) is 3.62. The van der Waals surface area contributed by atoms with Crippen molar-refractivity contribution in [2.45, 2.75) is 25.8 Å². The summed E-state index contributed by atoms with van der Waals surface area (Å²) in [5.41, 5.74) is 8.09. The number of amides is 2. The maximum absolute atomic E-state index is 13.0. The summed E-state index contributed by atoms with van der Waals surface area (Å²) in [4.78, 5) is 27.9. The van der Waals surface area contributed by atoms with E-state index in [9.17, 15) is 9.59 Å². The van der Waals surface area contributed by atoms with Gasteiger partial charge in [-0.25, -0.2) is 0 Å². The number of piperidine rings is 1. The Morgan fingerprint density at radius 1 is 1.37 bits per heavy atom. The summed E-state index contributed by atoms with van der Waals surface area (Å²) < 4.78 is 0. The van der Waals surface area contributed by atoms with Crippen LogP contribution in [0.15, 0.2) is 36.4 Å². The summed E-state index contributed by atoms with van der Waals surface area (Å²) in [6.07, 6.45) is 1.73. The summed E-state index contributed by atoms with van der Waals surface area (Å²) in [6, 6.07) is 11.8. The Bertz CT molecular complexity index is 789. The lowest BCUT2D eigenvalue weighted by Gasteiger charge is -2.34. The Morgan fingerprint density at radius 3 is 2.81 bits per heavy atom. The third-order valence-electron chi connectivity index (χ3n) is 5.28. The van der Waals surface area contributed by atoms with Crippen LogP contribution in [0.25, 0.3) is 11.3 Å². The number of hydrogen-bond donors (Lipinski definition) is 2. The number of carbonyl (C=O) groups is 2. The van der Waals surface area contributed by atoms with E-state index in [1.807, 2.05) is 55.3 Å². The number of primary amides is 1. The minimum Gasteiger partial charge on any atom is -0.369 e. The number of carbonyl (C=O) groups excluding carboxylic acids is 2. The van der Waals surface area contributed by atoms with E-state index in [0.717, 1.165) is 36.3 Å². The highest BCUT2D eigenvalue weighted by molar-refractivity contribution is 5.80. The Hall–Kier alpha value is -2.67. The number of aromatic amines is 1. The predicted octanol–water partition coefficient (Wildman–Crippen LogP) is 1.79. The van der Waals surface area contributed by atoms with Crippen LogP contribution < -0.4 is 5.73 Å². The van der Waals surface area contributed by atoms with Gasteiger partial charge in [0.05, 0.1) is 29.9 Å². The number of aromatic nitrogens is 2. The van der Waals surface area contributed by atoms with E-state index >= 15 is 0 Å². The molecule has 1 fully saturated rings. The number of likely N-dealkylation sites (tertiary alicyclic amines) is 1. The fraction of sp³-hybridized carbons (Fsp3) is 0.450. The highest BCUT2D eigenvalue weighted by Gasteiger charge is 2.30. The van der Waals surface area contributed by atoms with Crippen molar-refractivity contribution in [2.24, 2.45) is 11.7 Å². The summed E-state index contributed by atoms with van der Waals surface area (Å²) in [5, 5.41) is 7.45. The van der Waals surface area contributed by atoms with Crippen LogP contribution in [0.5, 0.6) is 0 Å². The van der Waals surface area contributed by atoms with Gasteiger partial charge >= 0.3 is 0 Å². The molecule has 0 aliphatic carbocycles. The van der Waals surface area contributed by atoms with Gasteiger partial charge in [-0.05, 0) is 32.4 Å². The zero-order valence-corrected chi connectivity index (χ0v) is 15.9. The summed E-state index contributed by atoms with van der Waals surface area (Å²) in [7, 11) is 1.82. The zero-order chi connectivity index (χ0) is 19.4. The molecule has 2 heterocycles. The Balaban J connectivity index is 1.66. The van der Waals surface area contributed by atoms with E-state index in [0.29, 0.717) is 6.54 Å². The Kier molecular flexibility index (Phi) is 5.91. The number of hydrogen-bond acceptors (Lipinski definition) is 4. The highest BCUT2D eigenvalue weighted by atomic mass is 16.2. The third kappa shape index (κ3) is 4.54. The van der Waals surface area contributed by atoms with Gasteiger partial charge in [-0.2, -0.15) is 5.10 Å². The van der Waals surface area contributed by atoms with Crippen molar-refractivity contribution < 1.29 is 9.59 Å².